The number of carbonyl (C=O) groups excluding carboxylic acids is 1. The Morgan fingerprint density at radius 2 is 2.32 bits per heavy atom. The van der Waals surface area contributed by atoms with Crippen molar-refractivity contribution in [1.82, 2.24) is 15.5 Å². The number of nitrogens with zero attached hydrogens (tertiary/aromatic N) is 2. The number of hydrogen-bond acceptors (Lipinski definition) is 6. The van der Waals surface area contributed by atoms with Crippen LogP contribution in [0.25, 0.3) is 10.2 Å². The standard InChI is InChI=1S/C15H13N3O2S2/c19-14(16-10-2-3-10)9-1-4-13-12(7-9)17-15(22-13)21-8-11-5-6-20-18-11/h1,4-7,10H,2-3,8H2,(H,16,19). The van der Waals surface area contributed by atoms with Gasteiger partial charge >= 0.3 is 0 Å². The zero-order valence-corrected chi connectivity index (χ0v) is 13.2. The molecular formula is C15H13N3O2S2. The number of thiazole rings is 1. The van der Waals surface area contributed by atoms with Gasteiger partial charge in [-0.05, 0) is 31.0 Å². The third-order valence-electron chi connectivity index (χ3n) is 3.38. The molecule has 1 N–H and O–H groups in total. The summed E-state index contributed by atoms with van der Waals surface area (Å²) in [7, 11) is 0. The number of amides is 1. The van der Waals surface area contributed by atoms with Crippen molar-refractivity contribution in [2.24, 2.45) is 0 Å². The van der Waals surface area contributed by atoms with Crippen LogP contribution in [0.15, 0.2) is 39.4 Å². The second kappa shape index (κ2) is 5.73. The van der Waals surface area contributed by atoms with Gasteiger partial charge in [-0.1, -0.05) is 16.9 Å². The molecule has 1 aliphatic rings. The van der Waals surface area contributed by atoms with E-state index < -0.39 is 0 Å². The summed E-state index contributed by atoms with van der Waals surface area (Å²) >= 11 is 3.25. The number of benzene rings is 1. The van der Waals surface area contributed by atoms with Crippen LogP contribution in [0.1, 0.15) is 28.9 Å². The van der Waals surface area contributed by atoms with Gasteiger partial charge in [0.25, 0.3) is 5.91 Å². The van der Waals surface area contributed by atoms with Crippen molar-refractivity contribution in [3.63, 3.8) is 0 Å². The number of rotatable bonds is 5. The molecule has 2 heterocycles. The largest absolute Gasteiger partial charge is 0.364 e. The lowest BCUT2D eigenvalue weighted by Crippen LogP contribution is -2.25. The molecule has 0 radical (unpaired) electrons. The normalized spacial score (nSPS) is 14.4. The fourth-order valence-electron chi connectivity index (χ4n) is 2.05. The summed E-state index contributed by atoms with van der Waals surface area (Å²) in [5, 5.41) is 6.88. The van der Waals surface area contributed by atoms with E-state index in [1.807, 2.05) is 24.3 Å². The topological polar surface area (TPSA) is 68.0 Å². The van der Waals surface area contributed by atoms with E-state index in [0.717, 1.165) is 38.8 Å². The Hall–Kier alpha value is -1.86. The zero-order chi connectivity index (χ0) is 14.9. The molecule has 0 atom stereocenters. The van der Waals surface area contributed by atoms with E-state index in [1.165, 1.54) is 0 Å². The maximum absolute atomic E-state index is 12.1. The third-order valence-corrected chi connectivity index (χ3v) is 5.59. The van der Waals surface area contributed by atoms with Crippen molar-refractivity contribution in [3.8, 4) is 0 Å². The highest BCUT2D eigenvalue weighted by Gasteiger charge is 2.24. The Bertz CT molecular complexity index is 809. The minimum absolute atomic E-state index is 0.00537. The molecule has 22 heavy (non-hydrogen) atoms. The van der Waals surface area contributed by atoms with Crippen LogP contribution in [-0.4, -0.2) is 22.1 Å². The Balaban J connectivity index is 1.51. The molecule has 1 aliphatic carbocycles. The highest BCUT2D eigenvalue weighted by atomic mass is 32.2. The molecule has 0 aliphatic heterocycles. The summed E-state index contributed by atoms with van der Waals surface area (Å²) < 4.78 is 6.87. The Morgan fingerprint density at radius 3 is 3.09 bits per heavy atom. The number of aromatic nitrogens is 2. The van der Waals surface area contributed by atoms with Gasteiger partial charge in [-0.25, -0.2) is 4.98 Å². The van der Waals surface area contributed by atoms with Gasteiger partial charge in [0.1, 0.15) is 6.26 Å². The van der Waals surface area contributed by atoms with Gasteiger partial charge in [-0.3, -0.25) is 4.79 Å². The monoisotopic (exact) mass is 331 g/mol. The first-order chi connectivity index (χ1) is 10.8. The van der Waals surface area contributed by atoms with Crippen LogP contribution in [0.4, 0.5) is 0 Å². The number of thioether (sulfide) groups is 1. The number of carbonyl (C=O) groups is 1. The van der Waals surface area contributed by atoms with E-state index in [2.05, 4.69) is 15.5 Å². The van der Waals surface area contributed by atoms with Crippen LogP contribution in [0.3, 0.4) is 0 Å². The maximum Gasteiger partial charge on any atom is 0.251 e. The highest BCUT2D eigenvalue weighted by Crippen LogP contribution is 2.31. The van der Waals surface area contributed by atoms with Crippen molar-refractivity contribution in [3.05, 3.63) is 41.8 Å². The predicted octanol–water partition coefficient (Wildman–Crippen LogP) is 3.47. The van der Waals surface area contributed by atoms with Crippen LogP contribution >= 0.6 is 23.1 Å². The molecule has 0 saturated heterocycles. The van der Waals surface area contributed by atoms with Crippen molar-refractivity contribution < 1.29 is 9.32 Å². The highest BCUT2D eigenvalue weighted by molar-refractivity contribution is 8.00. The SMILES string of the molecule is O=C(NC1CC1)c1ccc2sc(SCc3ccon3)nc2c1. The fourth-order valence-corrected chi connectivity index (χ4v) is 4.00. The number of fused-ring (bicyclic) bond motifs is 1. The predicted molar refractivity (Wildman–Crippen MR) is 86.2 cm³/mol. The Morgan fingerprint density at radius 1 is 1.41 bits per heavy atom. The number of nitrogens with one attached hydrogen (secondary N) is 1. The minimum atomic E-state index is -0.00537. The van der Waals surface area contributed by atoms with Gasteiger partial charge in [0, 0.05) is 23.4 Å². The van der Waals surface area contributed by atoms with E-state index in [9.17, 15) is 4.79 Å². The van der Waals surface area contributed by atoms with Crippen LogP contribution in [0, 0.1) is 0 Å². The fraction of sp³-hybridized carbons (Fsp3) is 0.267. The van der Waals surface area contributed by atoms with E-state index >= 15 is 0 Å². The lowest BCUT2D eigenvalue weighted by Gasteiger charge is -2.02. The van der Waals surface area contributed by atoms with Crippen LogP contribution in [0.5, 0.6) is 0 Å². The molecule has 1 aromatic carbocycles. The van der Waals surface area contributed by atoms with E-state index in [1.54, 1.807) is 29.4 Å². The molecule has 1 saturated carbocycles. The Labute approximate surface area is 135 Å². The second-order valence-corrected chi connectivity index (χ2v) is 7.44. The average molecular weight is 331 g/mol. The summed E-state index contributed by atoms with van der Waals surface area (Å²) in [6.45, 7) is 0. The summed E-state index contributed by atoms with van der Waals surface area (Å²) in [4.78, 5) is 16.7. The van der Waals surface area contributed by atoms with Gasteiger partial charge in [0.2, 0.25) is 0 Å². The first kappa shape index (κ1) is 13.8. The van der Waals surface area contributed by atoms with Crippen molar-refractivity contribution in [2.45, 2.75) is 29.0 Å². The van der Waals surface area contributed by atoms with Crippen molar-refractivity contribution in [2.75, 3.05) is 0 Å². The number of hydrogen-bond donors (Lipinski definition) is 1. The summed E-state index contributed by atoms with van der Waals surface area (Å²) in [6, 6.07) is 7.91. The van der Waals surface area contributed by atoms with Crippen molar-refractivity contribution >= 4 is 39.2 Å². The molecule has 1 amide bonds. The molecule has 5 nitrogen and oxygen atoms in total. The lowest BCUT2D eigenvalue weighted by atomic mass is 10.2. The molecule has 1 fully saturated rings. The summed E-state index contributed by atoms with van der Waals surface area (Å²) in [6.07, 6.45) is 3.75. The van der Waals surface area contributed by atoms with Crippen LogP contribution in [0.2, 0.25) is 0 Å². The second-order valence-electron chi connectivity index (χ2n) is 5.19. The molecule has 112 valence electrons. The van der Waals surface area contributed by atoms with E-state index in [4.69, 9.17) is 4.52 Å². The molecule has 4 rings (SSSR count). The van der Waals surface area contributed by atoms with Crippen molar-refractivity contribution in [1.29, 1.82) is 0 Å². The smallest absolute Gasteiger partial charge is 0.251 e. The van der Waals surface area contributed by atoms with Gasteiger partial charge in [0.15, 0.2) is 4.34 Å². The minimum Gasteiger partial charge on any atom is -0.364 e. The van der Waals surface area contributed by atoms with Crippen LogP contribution in [-0.2, 0) is 5.75 Å². The van der Waals surface area contributed by atoms with Crippen LogP contribution < -0.4 is 5.32 Å². The zero-order valence-electron chi connectivity index (χ0n) is 11.6. The summed E-state index contributed by atoms with van der Waals surface area (Å²) in [5.41, 5.74) is 2.45. The molecule has 7 heteroatoms. The molecule has 0 spiro atoms. The molecule has 3 aromatic rings. The average Bonchev–Trinajstić information content (AvgIpc) is 3.04. The quantitative estimate of drug-likeness (QED) is 0.725. The van der Waals surface area contributed by atoms with Gasteiger partial charge in [-0.2, -0.15) is 0 Å². The lowest BCUT2D eigenvalue weighted by molar-refractivity contribution is 0.0951. The maximum atomic E-state index is 12.1. The first-order valence-corrected chi connectivity index (χ1v) is 8.82. The third kappa shape index (κ3) is 3.00. The van der Waals surface area contributed by atoms with E-state index in [0.29, 0.717) is 11.6 Å². The van der Waals surface area contributed by atoms with Gasteiger partial charge in [0.05, 0.1) is 15.9 Å². The molecular weight excluding hydrogens is 318 g/mol. The first-order valence-electron chi connectivity index (χ1n) is 7.01. The van der Waals surface area contributed by atoms with Gasteiger partial charge < -0.3 is 9.84 Å². The molecule has 2 aromatic heterocycles. The van der Waals surface area contributed by atoms with E-state index in [-0.39, 0.29) is 5.91 Å². The summed E-state index contributed by atoms with van der Waals surface area (Å²) in [5.74, 6) is 0.722. The molecule has 0 bridgehead atoms. The van der Waals surface area contributed by atoms with Gasteiger partial charge in [-0.15, -0.1) is 11.3 Å². The molecule has 0 unspecified atom stereocenters. The Kier molecular flexibility index (Phi) is 3.59.